The molecule has 3 rings (SSSR count). The highest BCUT2D eigenvalue weighted by Crippen LogP contribution is 2.34. The second-order valence-corrected chi connectivity index (χ2v) is 8.14. The normalized spacial score (nSPS) is 12.0. The molecule has 6 nitrogen and oxygen atoms in total. The zero-order valence-corrected chi connectivity index (χ0v) is 16.5. The summed E-state index contributed by atoms with van der Waals surface area (Å²) in [5.41, 5.74) is 1.33. The first-order chi connectivity index (χ1) is 12.8. The highest BCUT2D eigenvalue weighted by molar-refractivity contribution is 7.15. The number of hydrogen-bond donors (Lipinski definition) is 1. The molecule has 1 N–H and O–H groups in total. The van der Waals surface area contributed by atoms with Crippen LogP contribution in [0.15, 0.2) is 29.8 Å². The lowest BCUT2D eigenvalue weighted by Gasteiger charge is -2.21. The van der Waals surface area contributed by atoms with E-state index in [9.17, 15) is 9.90 Å². The van der Waals surface area contributed by atoms with Gasteiger partial charge in [-0.05, 0) is 23.6 Å². The first-order valence-corrected chi connectivity index (χ1v) is 9.35. The van der Waals surface area contributed by atoms with Gasteiger partial charge in [0.1, 0.15) is 0 Å². The molecule has 0 aliphatic carbocycles. The fourth-order valence-electron chi connectivity index (χ4n) is 2.57. The number of hydrogen-bond acceptors (Lipinski definition) is 5. The molecule has 27 heavy (non-hydrogen) atoms. The number of aromatic nitrogens is 2. The van der Waals surface area contributed by atoms with E-state index in [1.807, 2.05) is 23.6 Å². The zero-order valence-electron chi connectivity index (χ0n) is 15.7. The van der Waals surface area contributed by atoms with Crippen LogP contribution < -0.4 is 9.47 Å². The van der Waals surface area contributed by atoms with Crippen LogP contribution >= 0.6 is 11.3 Å². The van der Waals surface area contributed by atoms with Gasteiger partial charge < -0.3 is 14.6 Å². The van der Waals surface area contributed by atoms with Crippen molar-refractivity contribution >= 4 is 34.4 Å². The number of ether oxygens (including phenoxy) is 2. The van der Waals surface area contributed by atoms with E-state index in [2.05, 4.69) is 25.8 Å². The second-order valence-electron chi connectivity index (χ2n) is 7.27. The minimum Gasteiger partial charge on any atom is -0.493 e. The average Bonchev–Trinajstić information content (AvgIpc) is 3.17. The molecular formula is C20H22N2O4S. The molecule has 3 aromatic rings. The topological polar surface area (TPSA) is 73.1 Å². The van der Waals surface area contributed by atoms with Crippen LogP contribution in [0.2, 0.25) is 0 Å². The third kappa shape index (κ3) is 4.14. The summed E-state index contributed by atoms with van der Waals surface area (Å²) in [5, 5.41) is 11.4. The molecule has 0 saturated heterocycles. The highest BCUT2D eigenvalue weighted by Gasteiger charge is 2.18. The Morgan fingerprint density at radius 2 is 2.11 bits per heavy atom. The van der Waals surface area contributed by atoms with Crippen LogP contribution in [-0.4, -0.2) is 34.2 Å². The number of fused-ring (bicyclic) bond motifs is 1. The van der Waals surface area contributed by atoms with E-state index >= 15 is 0 Å². The molecule has 0 spiro atoms. The Hall–Kier alpha value is -2.80. The van der Waals surface area contributed by atoms with E-state index in [1.54, 1.807) is 29.9 Å². The molecule has 0 aliphatic rings. The van der Waals surface area contributed by atoms with Gasteiger partial charge >= 0.3 is 5.97 Å². The molecule has 0 atom stereocenters. The van der Waals surface area contributed by atoms with Gasteiger partial charge in [0.2, 0.25) is 0 Å². The molecule has 1 aromatic carbocycles. The van der Waals surface area contributed by atoms with Crippen LogP contribution in [0.3, 0.4) is 0 Å². The summed E-state index contributed by atoms with van der Waals surface area (Å²) in [5.74, 6) is 0.241. The molecule has 142 valence electrons. The van der Waals surface area contributed by atoms with E-state index in [0.717, 1.165) is 5.56 Å². The first-order valence-electron chi connectivity index (χ1n) is 8.47. The average molecular weight is 386 g/mol. The fraction of sp³-hybridized carbons (Fsp3) is 0.300. The predicted octanol–water partition coefficient (Wildman–Crippen LogP) is 4.70. The lowest BCUT2D eigenvalue weighted by molar-refractivity contribution is 0.0689. The molecule has 0 fully saturated rings. The summed E-state index contributed by atoms with van der Waals surface area (Å²) >= 11 is 1.39. The molecule has 2 aromatic heterocycles. The number of carboxylic acid groups (broad SMARTS) is 1. The number of para-hydroxylation sites is 1. The van der Waals surface area contributed by atoms with E-state index in [0.29, 0.717) is 28.8 Å². The highest BCUT2D eigenvalue weighted by atomic mass is 32.1. The van der Waals surface area contributed by atoms with Gasteiger partial charge in [-0.2, -0.15) is 0 Å². The van der Waals surface area contributed by atoms with Crippen molar-refractivity contribution in [3.05, 3.63) is 46.7 Å². The van der Waals surface area contributed by atoms with Crippen molar-refractivity contribution in [3.63, 3.8) is 0 Å². The summed E-state index contributed by atoms with van der Waals surface area (Å²) in [4.78, 5) is 16.7. The van der Waals surface area contributed by atoms with Crippen molar-refractivity contribution in [2.45, 2.75) is 20.8 Å². The van der Waals surface area contributed by atoms with Crippen molar-refractivity contribution in [2.24, 2.45) is 5.41 Å². The molecular weight excluding hydrogens is 364 g/mol. The molecule has 0 amide bonds. The number of nitrogens with zero attached hydrogens (tertiary/aromatic N) is 2. The Morgan fingerprint density at radius 3 is 2.78 bits per heavy atom. The Balaban J connectivity index is 1.99. The number of carboxylic acids is 1. The van der Waals surface area contributed by atoms with Crippen molar-refractivity contribution in [1.29, 1.82) is 0 Å². The lowest BCUT2D eigenvalue weighted by Crippen LogP contribution is -2.17. The Morgan fingerprint density at radius 1 is 1.33 bits per heavy atom. The van der Waals surface area contributed by atoms with E-state index < -0.39 is 5.97 Å². The molecule has 0 bridgehead atoms. The standard InChI is InChI=1S/C20H22N2O4S/c1-20(2,3)12-26-17-13(6-5-7-15(17)25-4)8-9-14-16(18(23)24)22-10-11-27-19(22)21-14/h5-11H,12H2,1-4H3,(H,23,24). The Kier molecular flexibility index (Phi) is 5.23. The molecule has 2 heterocycles. The van der Waals surface area contributed by atoms with Gasteiger partial charge in [-0.15, -0.1) is 11.3 Å². The number of imidazole rings is 1. The number of rotatable bonds is 6. The van der Waals surface area contributed by atoms with Crippen LogP contribution in [0, 0.1) is 5.41 Å². The third-order valence-corrected chi connectivity index (χ3v) is 4.55. The summed E-state index contributed by atoms with van der Waals surface area (Å²) in [7, 11) is 1.60. The van der Waals surface area contributed by atoms with Crippen LogP contribution in [0.5, 0.6) is 11.5 Å². The zero-order chi connectivity index (χ0) is 19.6. The monoisotopic (exact) mass is 386 g/mol. The molecule has 0 aliphatic heterocycles. The second kappa shape index (κ2) is 7.44. The summed E-state index contributed by atoms with van der Waals surface area (Å²) < 4.78 is 13.0. The van der Waals surface area contributed by atoms with Crippen LogP contribution in [0.25, 0.3) is 17.1 Å². The minimum absolute atomic E-state index is 0.00739. The van der Waals surface area contributed by atoms with Gasteiger partial charge in [0, 0.05) is 17.1 Å². The van der Waals surface area contributed by atoms with Crippen molar-refractivity contribution < 1.29 is 19.4 Å². The van der Waals surface area contributed by atoms with Crippen LogP contribution in [-0.2, 0) is 0 Å². The third-order valence-electron chi connectivity index (χ3n) is 3.79. The smallest absolute Gasteiger partial charge is 0.355 e. The lowest BCUT2D eigenvalue weighted by atomic mass is 9.98. The quantitative estimate of drug-likeness (QED) is 0.665. The number of carbonyl (C=O) groups is 1. The largest absolute Gasteiger partial charge is 0.493 e. The summed E-state index contributed by atoms with van der Waals surface area (Å²) in [6.07, 6.45) is 5.21. The number of methoxy groups -OCH3 is 1. The van der Waals surface area contributed by atoms with E-state index in [-0.39, 0.29) is 11.1 Å². The SMILES string of the molecule is COc1cccc(C=Cc2nc3sccn3c2C(=O)O)c1OCC(C)(C)C. The molecule has 7 heteroatoms. The van der Waals surface area contributed by atoms with Crippen molar-refractivity contribution in [1.82, 2.24) is 9.38 Å². The number of thiazole rings is 1. The Labute approximate surface area is 161 Å². The van der Waals surface area contributed by atoms with Crippen LogP contribution in [0.1, 0.15) is 42.5 Å². The van der Waals surface area contributed by atoms with Gasteiger partial charge in [0.25, 0.3) is 0 Å². The minimum atomic E-state index is -1.02. The maximum absolute atomic E-state index is 11.7. The van der Waals surface area contributed by atoms with E-state index in [4.69, 9.17) is 9.47 Å². The van der Waals surface area contributed by atoms with Gasteiger partial charge in [0.05, 0.1) is 19.4 Å². The van der Waals surface area contributed by atoms with Crippen molar-refractivity contribution in [2.75, 3.05) is 13.7 Å². The maximum Gasteiger partial charge on any atom is 0.355 e. The molecule has 0 radical (unpaired) electrons. The fourth-order valence-corrected chi connectivity index (χ4v) is 3.29. The Bertz CT molecular complexity index is 995. The summed E-state index contributed by atoms with van der Waals surface area (Å²) in [6.45, 7) is 6.80. The number of benzene rings is 1. The maximum atomic E-state index is 11.7. The van der Waals surface area contributed by atoms with E-state index in [1.165, 1.54) is 11.3 Å². The predicted molar refractivity (Wildman–Crippen MR) is 107 cm³/mol. The molecule has 0 saturated carbocycles. The first kappa shape index (κ1) is 19.0. The number of aromatic carboxylic acids is 1. The molecule has 0 unspecified atom stereocenters. The summed E-state index contributed by atoms with van der Waals surface area (Å²) in [6, 6.07) is 5.60. The van der Waals surface area contributed by atoms with Gasteiger partial charge in [-0.3, -0.25) is 4.40 Å². The van der Waals surface area contributed by atoms with Crippen molar-refractivity contribution in [3.8, 4) is 11.5 Å². The van der Waals surface area contributed by atoms with Gasteiger partial charge in [-0.1, -0.05) is 32.9 Å². The van der Waals surface area contributed by atoms with Gasteiger partial charge in [-0.25, -0.2) is 9.78 Å². The van der Waals surface area contributed by atoms with Gasteiger partial charge in [0.15, 0.2) is 22.2 Å². The van der Waals surface area contributed by atoms with Crippen LogP contribution in [0.4, 0.5) is 0 Å².